The van der Waals surface area contributed by atoms with Crippen LogP contribution in [0.1, 0.15) is 0 Å². The first-order chi connectivity index (χ1) is 10.6. The molecule has 3 N–H and O–H groups in total. The van der Waals surface area contributed by atoms with E-state index in [9.17, 15) is 9.59 Å². The fourth-order valence-electron chi connectivity index (χ4n) is 2.23. The number of carboxylic acid groups (broad SMARTS) is 1. The summed E-state index contributed by atoms with van der Waals surface area (Å²) in [6, 6.07) is 11.8. The van der Waals surface area contributed by atoms with Crippen LogP contribution in [0, 0.1) is 0 Å². The number of nitrogens with one attached hydrogen (secondary N) is 2. The van der Waals surface area contributed by atoms with Crippen molar-refractivity contribution in [3.05, 3.63) is 57.8 Å². The third-order valence-corrected chi connectivity index (χ3v) is 3.48. The minimum absolute atomic E-state index is 0.278. The van der Waals surface area contributed by atoms with Crippen LogP contribution in [0.4, 0.5) is 10.5 Å². The van der Waals surface area contributed by atoms with E-state index in [4.69, 9.17) is 16.7 Å². The highest BCUT2D eigenvalue weighted by Gasteiger charge is 2.12. The highest BCUT2D eigenvalue weighted by atomic mass is 35.5. The van der Waals surface area contributed by atoms with Crippen LogP contribution < -0.4 is 10.9 Å². The second-order valence-electron chi connectivity index (χ2n) is 4.57. The number of aromatic nitrogens is 2. The highest BCUT2D eigenvalue weighted by Crippen LogP contribution is 2.32. The van der Waals surface area contributed by atoms with E-state index in [1.807, 2.05) is 0 Å². The van der Waals surface area contributed by atoms with Gasteiger partial charge in [-0.25, -0.2) is 9.89 Å². The lowest BCUT2D eigenvalue weighted by molar-refractivity contribution is 0.210. The fraction of sp³-hybridized carbons (Fsp3) is 0. The molecule has 0 saturated heterocycles. The first-order valence-corrected chi connectivity index (χ1v) is 6.71. The van der Waals surface area contributed by atoms with Crippen LogP contribution in [-0.2, 0) is 0 Å². The quantitative estimate of drug-likeness (QED) is 0.676. The number of hydrogen-bond acceptors (Lipinski definition) is 3. The Morgan fingerprint density at radius 1 is 1.18 bits per heavy atom. The monoisotopic (exact) mass is 315 g/mol. The van der Waals surface area contributed by atoms with Crippen molar-refractivity contribution in [3.8, 4) is 11.3 Å². The molecule has 110 valence electrons. The Bertz CT molecular complexity index is 937. The minimum Gasteiger partial charge on any atom is -0.465 e. The summed E-state index contributed by atoms with van der Waals surface area (Å²) in [6.45, 7) is 0. The Labute approximate surface area is 129 Å². The number of benzene rings is 2. The average molecular weight is 316 g/mol. The van der Waals surface area contributed by atoms with Crippen molar-refractivity contribution >= 4 is 34.2 Å². The van der Waals surface area contributed by atoms with Crippen molar-refractivity contribution in [2.75, 3.05) is 5.32 Å². The summed E-state index contributed by atoms with van der Waals surface area (Å²) in [5.74, 6) is 0. The zero-order chi connectivity index (χ0) is 15.7. The first-order valence-electron chi connectivity index (χ1n) is 6.33. The van der Waals surface area contributed by atoms with Gasteiger partial charge in [-0.05, 0) is 24.3 Å². The maximum atomic E-state index is 11.8. The van der Waals surface area contributed by atoms with Gasteiger partial charge < -0.3 is 5.11 Å². The summed E-state index contributed by atoms with van der Waals surface area (Å²) in [6.07, 6.45) is -1.17. The van der Waals surface area contributed by atoms with Gasteiger partial charge in [-0.15, -0.1) is 0 Å². The van der Waals surface area contributed by atoms with Crippen molar-refractivity contribution in [2.45, 2.75) is 0 Å². The summed E-state index contributed by atoms with van der Waals surface area (Å²) in [5, 5.41) is 19.0. The Morgan fingerprint density at radius 3 is 2.59 bits per heavy atom. The molecular weight excluding hydrogens is 306 g/mol. The second kappa shape index (κ2) is 5.50. The minimum atomic E-state index is -1.17. The predicted molar refractivity (Wildman–Crippen MR) is 84.5 cm³/mol. The third-order valence-electron chi connectivity index (χ3n) is 3.17. The number of aromatic amines is 1. The molecule has 0 bridgehead atoms. The van der Waals surface area contributed by atoms with Gasteiger partial charge >= 0.3 is 6.09 Å². The first kappa shape index (κ1) is 14.1. The molecule has 6 nitrogen and oxygen atoms in total. The van der Waals surface area contributed by atoms with Crippen LogP contribution in [0.3, 0.4) is 0 Å². The van der Waals surface area contributed by atoms with E-state index >= 15 is 0 Å². The van der Waals surface area contributed by atoms with Gasteiger partial charge in [0.05, 0.1) is 10.4 Å². The third kappa shape index (κ3) is 2.51. The van der Waals surface area contributed by atoms with E-state index in [2.05, 4.69) is 15.5 Å². The van der Waals surface area contributed by atoms with Crippen LogP contribution in [0.15, 0.2) is 47.3 Å². The van der Waals surface area contributed by atoms with E-state index in [1.54, 1.807) is 36.4 Å². The predicted octanol–water partition coefficient (Wildman–Crippen LogP) is 3.33. The van der Waals surface area contributed by atoms with Gasteiger partial charge in [0.25, 0.3) is 5.56 Å². The molecule has 0 unspecified atom stereocenters. The molecule has 0 spiro atoms. The van der Waals surface area contributed by atoms with E-state index in [-0.39, 0.29) is 5.56 Å². The van der Waals surface area contributed by atoms with Gasteiger partial charge in [0.15, 0.2) is 0 Å². The van der Waals surface area contributed by atoms with E-state index in [1.165, 1.54) is 6.07 Å². The normalized spacial score (nSPS) is 10.6. The zero-order valence-electron chi connectivity index (χ0n) is 11.1. The molecule has 2 aromatic carbocycles. The van der Waals surface area contributed by atoms with Crippen molar-refractivity contribution in [3.63, 3.8) is 0 Å². The molecule has 1 heterocycles. The maximum absolute atomic E-state index is 11.8. The number of fused-ring (bicyclic) bond motifs is 1. The number of rotatable bonds is 2. The maximum Gasteiger partial charge on any atom is 0.409 e. The second-order valence-corrected chi connectivity index (χ2v) is 4.98. The van der Waals surface area contributed by atoms with Crippen molar-refractivity contribution in [1.82, 2.24) is 10.2 Å². The van der Waals surface area contributed by atoms with Gasteiger partial charge in [-0.3, -0.25) is 10.1 Å². The molecule has 0 fully saturated rings. The molecule has 0 aliphatic heterocycles. The summed E-state index contributed by atoms with van der Waals surface area (Å²) in [4.78, 5) is 22.4. The number of H-pyrrole nitrogens is 1. The lowest BCUT2D eigenvalue weighted by Gasteiger charge is -2.08. The highest BCUT2D eigenvalue weighted by molar-refractivity contribution is 6.34. The van der Waals surface area contributed by atoms with Crippen LogP contribution in [0.5, 0.6) is 0 Å². The lowest BCUT2D eigenvalue weighted by Crippen LogP contribution is -2.09. The van der Waals surface area contributed by atoms with Gasteiger partial charge in [0.1, 0.15) is 5.69 Å². The number of halogens is 1. The molecule has 3 rings (SSSR count). The Balaban J connectivity index is 2.18. The number of anilines is 1. The van der Waals surface area contributed by atoms with Crippen molar-refractivity contribution in [1.29, 1.82) is 0 Å². The Kier molecular flexibility index (Phi) is 3.52. The topological polar surface area (TPSA) is 95.1 Å². The number of hydrogen-bond donors (Lipinski definition) is 3. The summed E-state index contributed by atoms with van der Waals surface area (Å²) >= 11 is 6.22. The molecule has 22 heavy (non-hydrogen) atoms. The molecule has 0 atom stereocenters. The average Bonchev–Trinajstić information content (AvgIpc) is 2.48. The van der Waals surface area contributed by atoms with Gasteiger partial charge in [0.2, 0.25) is 0 Å². The molecular formula is C15H10ClN3O3. The molecule has 0 saturated carbocycles. The Morgan fingerprint density at radius 2 is 1.91 bits per heavy atom. The Hall–Kier alpha value is -2.86. The summed E-state index contributed by atoms with van der Waals surface area (Å²) < 4.78 is 0. The van der Waals surface area contributed by atoms with Crippen LogP contribution in [0.2, 0.25) is 5.02 Å². The standard InChI is InChI=1S/C15H10ClN3O3/c16-12-7-8(17-15(21)22)5-6-11(12)13-9-3-1-2-4-10(9)14(20)19-18-13/h1-7,17H,(H,19,20)(H,21,22). The molecule has 0 aliphatic rings. The summed E-state index contributed by atoms with van der Waals surface area (Å²) in [5.41, 5.74) is 1.21. The molecule has 7 heteroatoms. The SMILES string of the molecule is O=C(O)Nc1ccc(-c2n[nH]c(=O)c3ccccc23)c(Cl)c1. The number of amides is 1. The van der Waals surface area contributed by atoms with Gasteiger partial charge in [0, 0.05) is 16.6 Å². The molecule has 0 aliphatic carbocycles. The van der Waals surface area contributed by atoms with Gasteiger partial charge in [-0.1, -0.05) is 29.8 Å². The zero-order valence-corrected chi connectivity index (χ0v) is 11.9. The molecule has 3 aromatic rings. The van der Waals surface area contributed by atoms with Gasteiger partial charge in [-0.2, -0.15) is 5.10 Å². The van der Waals surface area contributed by atoms with Crippen LogP contribution >= 0.6 is 11.6 Å². The lowest BCUT2D eigenvalue weighted by atomic mass is 10.0. The fourth-order valence-corrected chi connectivity index (χ4v) is 2.50. The number of nitrogens with zero attached hydrogens (tertiary/aromatic N) is 1. The van der Waals surface area contributed by atoms with E-state index in [0.717, 1.165) is 0 Å². The smallest absolute Gasteiger partial charge is 0.409 e. The molecule has 1 aromatic heterocycles. The van der Waals surface area contributed by atoms with Crippen LogP contribution in [0.25, 0.3) is 22.0 Å². The van der Waals surface area contributed by atoms with Crippen molar-refractivity contribution in [2.24, 2.45) is 0 Å². The molecule has 1 amide bonds. The summed E-state index contributed by atoms with van der Waals surface area (Å²) in [7, 11) is 0. The largest absolute Gasteiger partial charge is 0.465 e. The van der Waals surface area contributed by atoms with E-state index < -0.39 is 6.09 Å². The van der Waals surface area contributed by atoms with Crippen molar-refractivity contribution < 1.29 is 9.90 Å². The van der Waals surface area contributed by atoms with Crippen LogP contribution in [-0.4, -0.2) is 21.4 Å². The van der Waals surface area contributed by atoms with E-state index in [0.29, 0.717) is 32.7 Å². The number of carbonyl (C=O) groups is 1. The molecule has 0 radical (unpaired) electrons.